The molecular weight excluding hydrogens is 248 g/mol. The van der Waals surface area contributed by atoms with E-state index in [2.05, 4.69) is 36.5 Å². The van der Waals surface area contributed by atoms with Gasteiger partial charge in [0.15, 0.2) is 0 Å². The molecule has 3 nitrogen and oxygen atoms in total. The summed E-state index contributed by atoms with van der Waals surface area (Å²) in [5.74, 6) is 0.517. The molecule has 2 atom stereocenters. The largest absolute Gasteiger partial charge is 0.348 e. The minimum absolute atomic E-state index is 0. The van der Waals surface area contributed by atoms with E-state index in [0.717, 1.165) is 0 Å². The molecule has 1 aliphatic carbocycles. The molecule has 1 amide bonds. The van der Waals surface area contributed by atoms with Gasteiger partial charge in [-0.1, -0.05) is 29.8 Å². The Morgan fingerprint density at radius 2 is 1.89 bits per heavy atom. The number of nitrogens with two attached hydrogens (primary N) is 1. The zero-order valence-corrected chi connectivity index (χ0v) is 11.7. The van der Waals surface area contributed by atoms with Crippen molar-refractivity contribution in [3.8, 4) is 0 Å². The van der Waals surface area contributed by atoms with Crippen molar-refractivity contribution in [2.45, 2.75) is 38.8 Å². The second-order valence-corrected chi connectivity index (χ2v) is 5.02. The lowest BCUT2D eigenvalue weighted by atomic mass is 10.0. The van der Waals surface area contributed by atoms with Crippen LogP contribution in [0.5, 0.6) is 0 Å². The molecule has 0 radical (unpaired) electrons. The second kappa shape index (κ2) is 6.21. The van der Waals surface area contributed by atoms with Crippen LogP contribution in [0.3, 0.4) is 0 Å². The van der Waals surface area contributed by atoms with Gasteiger partial charge in [-0.2, -0.15) is 0 Å². The van der Waals surface area contributed by atoms with Crippen LogP contribution in [0.15, 0.2) is 24.3 Å². The van der Waals surface area contributed by atoms with Gasteiger partial charge >= 0.3 is 0 Å². The van der Waals surface area contributed by atoms with Crippen LogP contribution < -0.4 is 11.1 Å². The normalized spacial score (nSPS) is 17.5. The molecule has 0 heterocycles. The zero-order chi connectivity index (χ0) is 12.4. The van der Waals surface area contributed by atoms with Gasteiger partial charge in [0, 0.05) is 0 Å². The first-order chi connectivity index (χ1) is 8.08. The maximum atomic E-state index is 11.7. The predicted molar refractivity (Wildman–Crippen MR) is 75.7 cm³/mol. The second-order valence-electron chi connectivity index (χ2n) is 5.02. The summed E-state index contributed by atoms with van der Waals surface area (Å²) in [6, 6.07) is 8.06. The number of carbonyl (C=O) groups is 1. The maximum absolute atomic E-state index is 11.7. The number of nitrogens with one attached hydrogen (secondary N) is 1. The Labute approximate surface area is 115 Å². The Morgan fingerprint density at radius 3 is 2.33 bits per heavy atom. The highest BCUT2D eigenvalue weighted by Crippen LogP contribution is 2.41. The lowest BCUT2D eigenvalue weighted by Crippen LogP contribution is -2.40. The van der Waals surface area contributed by atoms with Gasteiger partial charge < -0.3 is 11.1 Å². The lowest BCUT2D eigenvalue weighted by Gasteiger charge is -2.20. The fourth-order valence-electron chi connectivity index (χ4n) is 1.96. The smallest absolute Gasteiger partial charge is 0.237 e. The van der Waals surface area contributed by atoms with E-state index in [1.165, 1.54) is 24.0 Å². The van der Waals surface area contributed by atoms with Crippen molar-refractivity contribution >= 4 is 18.3 Å². The van der Waals surface area contributed by atoms with Crippen molar-refractivity contribution in [3.05, 3.63) is 35.4 Å². The number of carbonyl (C=O) groups excluding carboxylic acids is 1. The standard InChI is InChI=1S/C14H20N2O.ClH/c1-9-3-5-11(6-4-9)13(12-7-8-12)16-14(17)10(2)15;/h3-6,10,12-13H,7-8,15H2,1-2H3,(H,16,17);1H/t10-,13?;/m1./s1. The number of rotatable bonds is 4. The first-order valence-electron chi connectivity index (χ1n) is 6.20. The van der Waals surface area contributed by atoms with Crippen LogP contribution in [0.25, 0.3) is 0 Å². The summed E-state index contributed by atoms with van der Waals surface area (Å²) in [6.07, 6.45) is 2.38. The molecule has 2 rings (SSSR count). The molecule has 4 heteroatoms. The van der Waals surface area contributed by atoms with Gasteiger partial charge in [-0.05, 0) is 38.2 Å². The van der Waals surface area contributed by atoms with Crippen LogP contribution in [0.1, 0.15) is 36.9 Å². The quantitative estimate of drug-likeness (QED) is 0.881. The molecule has 1 aromatic carbocycles. The number of benzene rings is 1. The summed E-state index contributed by atoms with van der Waals surface area (Å²) in [5, 5.41) is 3.05. The molecule has 1 aliphatic rings. The fourth-order valence-corrected chi connectivity index (χ4v) is 1.96. The number of hydrogen-bond acceptors (Lipinski definition) is 2. The van der Waals surface area contributed by atoms with E-state index in [1.54, 1.807) is 6.92 Å². The molecule has 0 saturated heterocycles. The van der Waals surface area contributed by atoms with Crippen molar-refractivity contribution in [2.75, 3.05) is 0 Å². The van der Waals surface area contributed by atoms with Crippen LogP contribution in [0, 0.1) is 12.8 Å². The van der Waals surface area contributed by atoms with Gasteiger partial charge in [-0.25, -0.2) is 0 Å². The van der Waals surface area contributed by atoms with E-state index in [9.17, 15) is 4.79 Å². The average molecular weight is 269 g/mol. The molecule has 1 fully saturated rings. The Hall–Kier alpha value is -1.06. The minimum atomic E-state index is -0.443. The third-order valence-electron chi connectivity index (χ3n) is 3.24. The summed E-state index contributed by atoms with van der Waals surface area (Å²) in [4.78, 5) is 11.7. The summed E-state index contributed by atoms with van der Waals surface area (Å²) < 4.78 is 0. The molecule has 100 valence electrons. The van der Waals surface area contributed by atoms with Crippen molar-refractivity contribution in [1.29, 1.82) is 0 Å². The molecule has 1 unspecified atom stereocenters. The molecule has 3 N–H and O–H groups in total. The fraction of sp³-hybridized carbons (Fsp3) is 0.500. The van der Waals surface area contributed by atoms with Gasteiger partial charge in [0.1, 0.15) is 0 Å². The monoisotopic (exact) mass is 268 g/mol. The first-order valence-corrected chi connectivity index (χ1v) is 6.20. The molecule has 0 spiro atoms. The highest BCUT2D eigenvalue weighted by atomic mass is 35.5. The molecule has 18 heavy (non-hydrogen) atoms. The summed E-state index contributed by atoms with van der Waals surface area (Å²) in [5.41, 5.74) is 8.02. The highest BCUT2D eigenvalue weighted by Gasteiger charge is 2.33. The van der Waals surface area contributed by atoms with E-state index < -0.39 is 6.04 Å². The molecule has 0 aromatic heterocycles. The topological polar surface area (TPSA) is 55.1 Å². The van der Waals surface area contributed by atoms with Crippen molar-refractivity contribution in [1.82, 2.24) is 5.32 Å². The van der Waals surface area contributed by atoms with Gasteiger partial charge in [0.2, 0.25) is 5.91 Å². The number of aryl methyl sites for hydroxylation is 1. The Kier molecular flexibility index (Phi) is 5.17. The summed E-state index contributed by atoms with van der Waals surface area (Å²) in [6.45, 7) is 3.78. The summed E-state index contributed by atoms with van der Waals surface area (Å²) in [7, 11) is 0. The van der Waals surface area contributed by atoms with Crippen molar-refractivity contribution in [2.24, 2.45) is 11.7 Å². The van der Waals surface area contributed by atoms with E-state index in [4.69, 9.17) is 5.73 Å². The third kappa shape index (κ3) is 3.72. The van der Waals surface area contributed by atoms with Gasteiger partial charge in [-0.3, -0.25) is 4.79 Å². The zero-order valence-electron chi connectivity index (χ0n) is 10.8. The number of halogens is 1. The molecule has 0 bridgehead atoms. The predicted octanol–water partition coefficient (Wildman–Crippen LogP) is 2.33. The van der Waals surface area contributed by atoms with Crippen molar-refractivity contribution < 1.29 is 4.79 Å². The van der Waals surface area contributed by atoms with Gasteiger partial charge in [0.05, 0.1) is 12.1 Å². The molecule has 1 saturated carbocycles. The molecule has 1 aromatic rings. The van der Waals surface area contributed by atoms with E-state index >= 15 is 0 Å². The Morgan fingerprint density at radius 1 is 1.33 bits per heavy atom. The van der Waals surface area contributed by atoms with Crippen LogP contribution in [-0.4, -0.2) is 11.9 Å². The highest BCUT2D eigenvalue weighted by molar-refractivity contribution is 5.85. The number of amides is 1. The minimum Gasteiger partial charge on any atom is -0.348 e. The first kappa shape index (κ1) is 15.0. The molecular formula is C14H21ClN2O. The maximum Gasteiger partial charge on any atom is 0.237 e. The van der Waals surface area contributed by atoms with E-state index in [1.807, 2.05) is 0 Å². The van der Waals surface area contributed by atoms with E-state index in [0.29, 0.717) is 5.92 Å². The average Bonchev–Trinajstić information content (AvgIpc) is 3.10. The van der Waals surface area contributed by atoms with Crippen LogP contribution in [0.2, 0.25) is 0 Å². The Balaban J connectivity index is 0.00000162. The SMILES string of the molecule is Cc1ccc(C(NC(=O)[C@@H](C)N)C2CC2)cc1.Cl. The summed E-state index contributed by atoms with van der Waals surface area (Å²) >= 11 is 0. The Bertz CT molecular complexity index is 399. The van der Waals surface area contributed by atoms with Crippen LogP contribution >= 0.6 is 12.4 Å². The van der Waals surface area contributed by atoms with Crippen LogP contribution in [-0.2, 0) is 4.79 Å². The lowest BCUT2D eigenvalue weighted by molar-refractivity contribution is -0.122. The molecule has 0 aliphatic heterocycles. The van der Waals surface area contributed by atoms with Gasteiger partial charge in [-0.15, -0.1) is 12.4 Å². The van der Waals surface area contributed by atoms with Gasteiger partial charge in [0.25, 0.3) is 0 Å². The third-order valence-corrected chi connectivity index (χ3v) is 3.24. The van der Waals surface area contributed by atoms with E-state index in [-0.39, 0.29) is 24.4 Å². The van der Waals surface area contributed by atoms with Crippen LogP contribution in [0.4, 0.5) is 0 Å². The van der Waals surface area contributed by atoms with Crippen molar-refractivity contribution in [3.63, 3.8) is 0 Å². The number of hydrogen-bond donors (Lipinski definition) is 2.